The average molecular weight is 541 g/mol. The summed E-state index contributed by atoms with van der Waals surface area (Å²) in [4.78, 5) is 30.0. The molecule has 2 aromatic heterocycles. The molecule has 196 valence electrons. The summed E-state index contributed by atoms with van der Waals surface area (Å²) in [6.07, 6.45) is 0. The van der Waals surface area contributed by atoms with Crippen molar-refractivity contribution in [1.82, 2.24) is 4.98 Å². The number of nitrogens with zero attached hydrogens (tertiary/aromatic N) is 2. The van der Waals surface area contributed by atoms with Crippen LogP contribution in [0.1, 0.15) is 15.2 Å². The van der Waals surface area contributed by atoms with Gasteiger partial charge >= 0.3 is 0 Å². The van der Waals surface area contributed by atoms with Gasteiger partial charge in [0.1, 0.15) is 26.9 Å². The van der Waals surface area contributed by atoms with Crippen LogP contribution in [0.2, 0.25) is 0 Å². The molecule has 5 aromatic rings. The Morgan fingerprint density at radius 1 is 0.949 bits per heavy atom. The Morgan fingerprint density at radius 3 is 2.23 bits per heavy atom. The molecule has 0 aliphatic carbocycles. The fourth-order valence-electron chi connectivity index (χ4n) is 4.23. The van der Waals surface area contributed by atoms with Crippen LogP contribution in [-0.4, -0.2) is 30.0 Å². The zero-order chi connectivity index (χ0) is 27.7. The second kappa shape index (κ2) is 10.4. The third-order valence-corrected chi connectivity index (χ3v) is 7.40. The number of nitrogens with two attached hydrogens (primary N) is 1. The number of fused-ring (bicyclic) bond motifs is 1. The first-order valence-electron chi connectivity index (χ1n) is 11.9. The van der Waals surface area contributed by atoms with E-state index in [1.165, 1.54) is 25.3 Å². The maximum Gasteiger partial charge on any atom is 0.296 e. The highest BCUT2D eigenvalue weighted by Gasteiger charge is 2.24. The molecule has 1 amide bonds. The van der Waals surface area contributed by atoms with Crippen LogP contribution in [0.3, 0.4) is 0 Å². The molecule has 0 radical (unpaired) electrons. The molecule has 0 aliphatic rings. The molecule has 0 spiro atoms. The summed E-state index contributed by atoms with van der Waals surface area (Å²) in [5, 5.41) is 14.9. The molecular weight excluding hydrogens is 516 g/mol. The van der Waals surface area contributed by atoms with Crippen molar-refractivity contribution in [2.24, 2.45) is 0 Å². The highest BCUT2D eigenvalue weighted by molar-refractivity contribution is 7.21. The highest BCUT2D eigenvalue weighted by Crippen LogP contribution is 2.42. The molecule has 0 bridgehead atoms. The number of nitro benzene ring substituents is 1. The van der Waals surface area contributed by atoms with Crippen molar-refractivity contribution in [1.29, 1.82) is 0 Å². The largest absolute Gasteiger partial charge is 0.497 e. The quantitative estimate of drug-likeness (QED) is 0.174. The van der Waals surface area contributed by atoms with Crippen molar-refractivity contribution < 1.29 is 19.2 Å². The molecule has 0 fully saturated rings. The van der Waals surface area contributed by atoms with Crippen molar-refractivity contribution in [2.75, 3.05) is 25.3 Å². The predicted molar refractivity (Wildman–Crippen MR) is 154 cm³/mol. The van der Waals surface area contributed by atoms with Gasteiger partial charge < -0.3 is 20.5 Å². The maximum atomic E-state index is 13.4. The standard InChI is InChI=1S/C29H24N4O5S/c1-16-4-6-17(7-5-16)21-15-23(18-8-10-19(37-2)11-9-18)32-29-25(21)26(30)27(39-29)28(34)31-22-13-12-20(38-3)14-24(22)33(35)36/h4-15H,30H2,1-3H3,(H,31,34). The number of rotatable bonds is 7. The number of carbonyl (C=O) groups excluding carboxylic acids is 1. The SMILES string of the molecule is COc1ccc(-c2cc(-c3ccc(C)cc3)c3c(N)c(C(=O)Nc4ccc(OC)cc4[N+](=O)[O-])sc3n2)cc1. The van der Waals surface area contributed by atoms with Crippen molar-refractivity contribution in [3.8, 4) is 33.9 Å². The summed E-state index contributed by atoms with van der Waals surface area (Å²) in [6, 6.07) is 21.7. The molecule has 10 heteroatoms. The van der Waals surface area contributed by atoms with E-state index in [0.29, 0.717) is 21.7 Å². The number of aryl methyl sites for hydroxylation is 1. The third kappa shape index (κ3) is 4.97. The van der Waals surface area contributed by atoms with Gasteiger partial charge in [-0.25, -0.2) is 4.98 Å². The number of nitrogen functional groups attached to an aromatic ring is 1. The number of hydrogen-bond acceptors (Lipinski definition) is 8. The number of anilines is 2. The molecule has 3 N–H and O–H groups in total. The number of thiophene rings is 1. The van der Waals surface area contributed by atoms with E-state index in [1.54, 1.807) is 7.11 Å². The van der Waals surface area contributed by atoms with Gasteiger partial charge in [-0.3, -0.25) is 14.9 Å². The fraction of sp³-hybridized carbons (Fsp3) is 0.103. The van der Waals surface area contributed by atoms with Crippen molar-refractivity contribution in [3.63, 3.8) is 0 Å². The van der Waals surface area contributed by atoms with Crippen LogP contribution >= 0.6 is 11.3 Å². The summed E-state index contributed by atoms with van der Waals surface area (Å²) >= 11 is 1.13. The van der Waals surface area contributed by atoms with Crippen LogP contribution in [-0.2, 0) is 0 Å². The van der Waals surface area contributed by atoms with Crippen LogP contribution in [0.25, 0.3) is 32.6 Å². The second-order valence-electron chi connectivity index (χ2n) is 8.77. The lowest BCUT2D eigenvalue weighted by Crippen LogP contribution is -2.13. The van der Waals surface area contributed by atoms with Gasteiger partial charge in [0.2, 0.25) is 0 Å². The van der Waals surface area contributed by atoms with E-state index >= 15 is 0 Å². The number of hydrogen-bond donors (Lipinski definition) is 2. The normalized spacial score (nSPS) is 10.8. The van der Waals surface area contributed by atoms with Gasteiger partial charge in [-0.15, -0.1) is 11.3 Å². The number of nitrogens with one attached hydrogen (secondary N) is 1. The van der Waals surface area contributed by atoms with Crippen LogP contribution in [0.4, 0.5) is 17.1 Å². The first-order chi connectivity index (χ1) is 18.8. The molecule has 2 heterocycles. The van der Waals surface area contributed by atoms with E-state index in [4.69, 9.17) is 20.2 Å². The summed E-state index contributed by atoms with van der Waals surface area (Å²) in [6.45, 7) is 2.01. The second-order valence-corrected chi connectivity index (χ2v) is 9.77. The Balaban J connectivity index is 1.63. The lowest BCUT2D eigenvalue weighted by atomic mass is 9.98. The number of carbonyl (C=O) groups is 1. The number of aromatic nitrogens is 1. The van der Waals surface area contributed by atoms with Gasteiger partial charge in [0.25, 0.3) is 11.6 Å². The minimum Gasteiger partial charge on any atom is -0.497 e. The fourth-order valence-corrected chi connectivity index (χ4v) is 5.25. The van der Waals surface area contributed by atoms with Crippen LogP contribution in [0.5, 0.6) is 11.5 Å². The lowest BCUT2D eigenvalue weighted by molar-refractivity contribution is -0.384. The van der Waals surface area contributed by atoms with Crippen LogP contribution in [0, 0.1) is 17.0 Å². The number of amides is 1. The molecule has 9 nitrogen and oxygen atoms in total. The number of nitro groups is 1. The van der Waals surface area contributed by atoms with Gasteiger partial charge in [-0.1, -0.05) is 29.8 Å². The van der Waals surface area contributed by atoms with E-state index in [-0.39, 0.29) is 21.9 Å². The Morgan fingerprint density at radius 2 is 1.59 bits per heavy atom. The topological polar surface area (TPSA) is 130 Å². The van der Waals surface area contributed by atoms with Gasteiger partial charge in [-0.05, 0) is 60.5 Å². The molecular formula is C29H24N4O5S. The molecule has 0 saturated heterocycles. The molecule has 39 heavy (non-hydrogen) atoms. The maximum absolute atomic E-state index is 13.4. The summed E-state index contributed by atoms with van der Waals surface area (Å²) in [5.41, 5.74) is 11.0. The molecule has 0 aliphatic heterocycles. The van der Waals surface area contributed by atoms with Gasteiger partial charge in [0.15, 0.2) is 0 Å². The van der Waals surface area contributed by atoms with E-state index < -0.39 is 10.8 Å². The van der Waals surface area contributed by atoms with E-state index in [2.05, 4.69) is 5.32 Å². The molecule has 0 atom stereocenters. The molecule has 5 rings (SSSR count). The van der Waals surface area contributed by atoms with Crippen molar-refractivity contribution >= 4 is 44.5 Å². The molecule has 0 unspecified atom stereocenters. The Kier molecular flexibility index (Phi) is 6.86. The van der Waals surface area contributed by atoms with E-state index in [9.17, 15) is 14.9 Å². The highest BCUT2D eigenvalue weighted by atomic mass is 32.1. The Labute approximate surface area is 228 Å². The zero-order valence-electron chi connectivity index (χ0n) is 21.3. The minimum absolute atomic E-state index is 0.0355. The summed E-state index contributed by atoms with van der Waals surface area (Å²) in [5.74, 6) is 0.467. The smallest absolute Gasteiger partial charge is 0.296 e. The summed E-state index contributed by atoms with van der Waals surface area (Å²) < 4.78 is 10.4. The Hall–Kier alpha value is -4.96. The number of pyridine rings is 1. The Bertz CT molecular complexity index is 1710. The van der Waals surface area contributed by atoms with E-state index in [1.807, 2.05) is 61.5 Å². The summed E-state index contributed by atoms with van der Waals surface area (Å²) in [7, 11) is 3.02. The third-order valence-electron chi connectivity index (χ3n) is 6.30. The molecule has 0 saturated carbocycles. The van der Waals surface area contributed by atoms with Crippen molar-refractivity contribution in [3.05, 3.63) is 93.4 Å². The monoisotopic (exact) mass is 540 g/mol. The average Bonchev–Trinajstić information content (AvgIpc) is 3.29. The first kappa shape index (κ1) is 25.7. The zero-order valence-corrected chi connectivity index (χ0v) is 22.2. The predicted octanol–water partition coefficient (Wildman–Crippen LogP) is 6.70. The number of methoxy groups -OCH3 is 2. The van der Waals surface area contributed by atoms with Gasteiger partial charge in [-0.2, -0.15) is 0 Å². The van der Waals surface area contributed by atoms with E-state index in [0.717, 1.165) is 39.3 Å². The van der Waals surface area contributed by atoms with Crippen LogP contribution in [0.15, 0.2) is 72.8 Å². The first-order valence-corrected chi connectivity index (χ1v) is 12.7. The minimum atomic E-state index is -0.579. The lowest BCUT2D eigenvalue weighted by Gasteiger charge is -2.10. The van der Waals surface area contributed by atoms with Crippen LogP contribution < -0.4 is 20.5 Å². The van der Waals surface area contributed by atoms with Gasteiger partial charge in [0.05, 0.1) is 36.6 Å². The number of benzene rings is 3. The number of ether oxygens (including phenoxy) is 2. The van der Waals surface area contributed by atoms with Gasteiger partial charge in [0, 0.05) is 10.9 Å². The molecule has 3 aromatic carbocycles. The van der Waals surface area contributed by atoms with Crippen molar-refractivity contribution in [2.45, 2.75) is 6.92 Å².